The number of hydrogen-bond acceptors (Lipinski definition) is 4. The van der Waals surface area contributed by atoms with Crippen molar-refractivity contribution in [1.82, 2.24) is 0 Å². The Morgan fingerprint density at radius 3 is 1.74 bits per heavy atom. The molecule has 0 aliphatic heterocycles. The lowest BCUT2D eigenvalue weighted by Crippen LogP contribution is -2.39. The Hall–Kier alpha value is -1.06. The van der Waals surface area contributed by atoms with Crippen molar-refractivity contribution in [2.24, 2.45) is 23.2 Å². The Morgan fingerprint density at radius 1 is 0.895 bits per heavy atom. The van der Waals surface area contributed by atoms with Gasteiger partial charge in [0.2, 0.25) is 0 Å². The standard InChI is InChI=1S/C15H28O4/c1-10(2)8-18-13(16)12(5)15(6,7)14(17)19-9-11(3)4/h10-12H,8-9H2,1-7H3. The van der Waals surface area contributed by atoms with E-state index in [1.54, 1.807) is 20.8 Å². The molecule has 0 heterocycles. The Kier molecular flexibility index (Phi) is 7.09. The first-order chi connectivity index (χ1) is 8.59. The molecule has 0 amide bonds. The quantitative estimate of drug-likeness (QED) is 0.668. The predicted octanol–water partition coefficient (Wildman–Crippen LogP) is 3.05. The molecule has 0 bridgehead atoms. The molecule has 112 valence electrons. The summed E-state index contributed by atoms with van der Waals surface area (Å²) in [4.78, 5) is 23.9. The zero-order valence-corrected chi connectivity index (χ0v) is 13.3. The summed E-state index contributed by atoms with van der Waals surface area (Å²) in [5.41, 5.74) is -0.872. The highest BCUT2D eigenvalue weighted by Crippen LogP contribution is 2.29. The molecule has 0 radical (unpaired) electrons. The fraction of sp³-hybridized carbons (Fsp3) is 0.867. The van der Waals surface area contributed by atoms with Crippen LogP contribution in [0.4, 0.5) is 0 Å². The van der Waals surface area contributed by atoms with Crippen molar-refractivity contribution in [1.29, 1.82) is 0 Å². The van der Waals surface area contributed by atoms with Crippen LogP contribution in [0.3, 0.4) is 0 Å². The highest BCUT2D eigenvalue weighted by atomic mass is 16.5. The van der Waals surface area contributed by atoms with E-state index in [-0.39, 0.29) is 23.8 Å². The molecule has 19 heavy (non-hydrogen) atoms. The van der Waals surface area contributed by atoms with Crippen LogP contribution in [0.25, 0.3) is 0 Å². The maximum atomic E-state index is 12.0. The van der Waals surface area contributed by atoms with Gasteiger partial charge in [0, 0.05) is 0 Å². The van der Waals surface area contributed by atoms with Gasteiger partial charge in [-0.05, 0) is 25.7 Å². The van der Waals surface area contributed by atoms with Gasteiger partial charge in [-0.25, -0.2) is 0 Å². The SMILES string of the molecule is CC(C)COC(=O)C(C)C(C)(C)C(=O)OCC(C)C. The predicted molar refractivity (Wildman–Crippen MR) is 74.5 cm³/mol. The van der Waals surface area contributed by atoms with Crippen molar-refractivity contribution in [3.8, 4) is 0 Å². The largest absolute Gasteiger partial charge is 0.465 e. The first-order valence-electron chi connectivity index (χ1n) is 6.92. The van der Waals surface area contributed by atoms with Crippen molar-refractivity contribution < 1.29 is 19.1 Å². The molecule has 0 rings (SSSR count). The van der Waals surface area contributed by atoms with Crippen LogP contribution in [0.2, 0.25) is 0 Å². The minimum atomic E-state index is -0.872. The number of carbonyl (C=O) groups excluding carboxylic acids is 2. The first-order valence-corrected chi connectivity index (χ1v) is 6.92. The summed E-state index contributed by atoms with van der Waals surface area (Å²) in [7, 11) is 0. The van der Waals surface area contributed by atoms with Gasteiger partial charge >= 0.3 is 11.9 Å². The molecular weight excluding hydrogens is 244 g/mol. The number of rotatable bonds is 7. The third kappa shape index (κ3) is 6.08. The molecule has 0 aromatic carbocycles. The average molecular weight is 272 g/mol. The summed E-state index contributed by atoms with van der Waals surface area (Å²) < 4.78 is 10.4. The van der Waals surface area contributed by atoms with Gasteiger partial charge in [0.15, 0.2) is 0 Å². The van der Waals surface area contributed by atoms with Gasteiger partial charge < -0.3 is 9.47 Å². The van der Waals surface area contributed by atoms with Crippen molar-refractivity contribution >= 4 is 11.9 Å². The molecule has 4 heteroatoms. The molecule has 0 aliphatic carbocycles. The summed E-state index contributed by atoms with van der Waals surface area (Å²) >= 11 is 0. The average Bonchev–Trinajstić information content (AvgIpc) is 2.31. The van der Waals surface area contributed by atoms with E-state index in [4.69, 9.17) is 9.47 Å². The third-order valence-electron chi connectivity index (χ3n) is 3.07. The van der Waals surface area contributed by atoms with E-state index in [1.807, 2.05) is 27.7 Å². The number of ether oxygens (including phenoxy) is 2. The van der Waals surface area contributed by atoms with E-state index in [2.05, 4.69) is 0 Å². The van der Waals surface area contributed by atoms with E-state index in [1.165, 1.54) is 0 Å². The van der Waals surface area contributed by atoms with Crippen LogP contribution < -0.4 is 0 Å². The van der Waals surface area contributed by atoms with E-state index in [0.717, 1.165) is 0 Å². The van der Waals surface area contributed by atoms with Crippen LogP contribution in [0.1, 0.15) is 48.5 Å². The van der Waals surface area contributed by atoms with Gasteiger partial charge in [-0.3, -0.25) is 9.59 Å². The summed E-state index contributed by atoms with van der Waals surface area (Å²) in [5.74, 6) is -0.656. The smallest absolute Gasteiger partial charge is 0.312 e. The van der Waals surface area contributed by atoms with Crippen LogP contribution in [0, 0.1) is 23.2 Å². The molecule has 0 aromatic rings. The zero-order valence-electron chi connectivity index (χ0n) is 13.3. The van der Waals surface area contributed by atoms with E-state index >= 15 is 0 Å². The van der Waals surface area contributed by atoms with Crippen molar-refractivity contribution in [3.05, 3.63) is 0 Å². The molecule has 0 N–H and O–H groups in total. The maximum absolute atomic E-state index is 12.0. The molecule has 0 saturated heterocycles. The highest BCUT2D eigenvalue weighted by Gasteiger charge is 2.40. The van der Waals surface area contributed by atoms with E-state index in [9.17, 15) is 9.59 Å². The molecule has 4 nitrogen and oxygen atoms in total. The minimum Gasteiger partial charge on any atom is -0.465 e. The van der Waals surface area contributed by atoms with Crippen LogP contribution in [-0.4, -0.2) is 25.2 Å². The Labute approximate surface area is 116 Å². The zero-order chi connectivity index (χ0) is 15.2. The van der Waals surface area contributed by atoms with E-state index < -0.39 is 11.3 Å². The number of hydrogen-bond donors (Lipinski definition) is 0. The Morgan fingerprint density at radius 2 is 1.32 bits per heavy atom. The Bertz CT molecular complexity index is 305. The summed E-state index contributed by atoms with van der Waals surface area (Å²) in [6, 6.07) is 0. The van der Waals surface area contributed by atoms with Gasteiger partial charge in [0.05, 0.1) is 24.5 Å². The lowest BCUT2D eigenvalue weighted by Gasteiger charge is -2.28. The monoisotopic (exact) mass is 272 g/mol. The molecule has 1 unspecified atom stereocenters. The molecule has 0 fully saturated rings. The molecular formula is C15H28O4. The van der Waals surface area contributed by atoms with Crippen molar-refractivity contribution in [2.45, 2.75) is 48.5 Å². The van der Waals surface area contributed by atoms with Gasteiger partial charge in [-0.1, -0.05) is 34.6 Å². The lowest BCUT2D eigenvalue weighted by molar-refractivity contribution is -0.167. The third-order valence-corrected chi connectivity index (χ3v) is 3.07. The number of esters is 2. The van der Waals surface area contributed by atoms with Gasteiger partial charge in [0.1, 0.15) is 0 Å². The number of carbonyl (C=O) groups is 2. The van der Waals surface area contributed by atoms with E-state index in [0.29, 0.717) is 13.2 Å². The van der Waals surface area contributed by atoms with Crippen LogP contribution in [-0.2, 0) is 19.1 Å². The molecule has 0 spiro atoms. The molecule has 0 saturated carbocycles. The second-order valence-corrected chi connectivity index (χ2v) is 6.46. The van der Waals surface area contributed by atoms with Gasteiger partial charge in [-0.2, -0.15) is 0 Å². The van der Waals surface area contributed by atoms with Gasteiger partial charge in [0.25, 0.3) is 0 Å². The van der Waals surface area contributed by atoms with Crippen LogP contribution in [0.15, 0.2) is 0 Å². The fourth-order valence-corrected chi connectivity index (χ4v) is 1.27. The topological polar surface area (TPSA) is 52.6 Å². The normalized spacial score (nSPS) is 13.5. The summed E-state index contributed by atoms with van der Waals surface area (Å²) in [5, 5.41) is 0. The Balaban J connectivity index is 4.52. The van der Waals surface area contributed by atoms with Crippen molar-refractivity contribution in [3.63, 3.8) is 0 Å². The molecule has 0 aromatic heterocycles. The minimum absolute atomic E-state index is 0.281. The first kappa shape index (κ1) is 17.9. The second kappa shape index (κ2) is 7.51. The fourth-order valence-electron chi connectivity index (χ4n) is 1.27. The van der Waals surface area contributed by atoms with Gasteiger partial charge in [-0.15, -0.1) is 0 Å². The highest BCUT2D eigenvalue weighted by molar-refractivity contribution is 5.84. The lowest BCUT2D eigenvalue weighted by atomic mass is 9.80. The molecule has 0 aliphatic rings. The maximum Gasteiger partial charge on any atom is 0.312 e. The summed E-state index contributed by atoms with van der Waals surface area (Å²) in [6.07, 6.45) is 0. The van der Waals surface area contributed by atoms with Crippen LogP contribution >= 0.6 is 0 Å². The van der Waals surface area contributed by atoms with Crippen molar-refractivity contribution in [2.75, 3.05) is 13.2 Å². The van der Waals surface area contributed by atoms with Crippen LogP contribution in [0.5, 0.6) is 0 Å². The molecule has 1 atom stereocenters. The second-order valence-electron chi connectivity index (χ2n) is 6.46. The summed E-state index contributed by atoms with van der Waals surface area (Å²) in [6.45, 7) is 13.8.